The summed E-state index contributed by atoms with van der Waals surface area (Å²) in [6.07, 6.45) is 0.532. The van der Waals surface area contributed by atoms with E-state index in [-0.39, 0.29) is 16.9 Å². The Hall–Kier alpha value is -1.00. The molecule has 1 heterocycles. The lowest BCUT2D eigenvalue weighted by Gasteiger charge is -2.17. The number of aryl methyl sites for hydroxylation is 1. The predicted octanol–water partition coefficient (Wildman–Crippen LogP) is 3.28. The summed E-state index contributed by atoms with van der Waals surface area (Å²) in [4.78, 5) is 24.8. The molecule has 1 saturated heterocycles. The molecule has 0 radical (unpaired) electrons. The van der Waals surface area contributed by atoms with Crippen molar-refractivity contribution >= 4 is 34.4 Å². The van der Waals surface area contributed by atoms with Gasteiger partial charge < -0.3 is 4.90 Å². The Bertz CT molecular complexity index is 533. The van der Waals surface area contributed by atoms with Gasteiger partial charge >= 0.3 is 0 Å². The molecule has 0 bridgehead atoms. The topological polar surface area (TPSA) is 37.4 Å². The van der Waals surface area contributed by atoms with Gasteiger partial charge in [-0.15, -0.1) is 0 Å². The highest BCUT2D eigenvalue weighted by Crippen LogP contribution is 2.26. The number of thioether (sulfide) groups is 1. The Morgan fingerprint density at radius 3 is 2.90 bits per heavy atom. The highest BCUT2D eigenvalue weighted by molar-refractivity contribution is 8.13. The SMILES string of the molecule is CC(=O)SCC1CC(=O)N(Cc2ccc(C)cc2Cl)C1. The van der Waals surface area contributed by atoms with E-state index in [2.05, 4.69) is 0 Å². The van der Waals surface area contributed by atoms with Crippen LogP contribution in [0.15, 0.2) is 18.2 Å². The molecule has 1 unspecified atom stereocenters. The molecule has 0 saturated carbocycles. The van der Waals surface area contributed by atoms with Gasteiger partial charge in [0, 0.05) is 37.2 Å². The fraction of sp³-hybridized carbons (Fsp3) is 0.467. The molecule has 1 fully saturated rings. The van der Waals surface area contributed by atoms with E-state index in [1.165, 1.54) is 11.8 Å². The average molecular weight is 312 g/mol. The van der Waals surface area contributed by atoms with Crippen molar-refractivity contribution in [2.24, 2.45) is 5.92 Å². The van der Waals surface area contributed by atoms with Crippen molar-refractivity contribution < 1.29 is 9.59 Å². The molecule has 0 aliphatic carbocycles. The highest BCUT2D eigenvalue weighted by atomic mass is 35.5. The molecule has 2 rings (SSSR count). The number of hydrogen-bond acceptors (Lipinski definition) is 3. The standard InChI is InChI=1S/C15H18ClNO2S/c1-10-3-4-13(14(16)5-10)8-17-7-12(6-15(17)19)9-20-11(2)18/h3-5,12H,6-9H2,1-2H3. The molecule has 0 N–H and O–H groups in total. The van der Waals surface area contributed by atoms with Crippen LogP contribution >= 0.6 is 23.4 Å². The molecule has 1 atom stereocenters. The summed E-state index contributed by atoms with van der Waals surface area (Å²) in [6.45, 7) is 4.82. The second-order valence-corrected chi connectivity index (χ2v) is 6.85. The van der Waals surface area contributed by atoms with E-state index in [4.69, 9.17) is 11.6 Å². The van der Waals surface area contributed by atoms with Crippen LogP contribution in [0.5, 0.6) is 0 Å². The molecule has 1 aliphatic rings. The lowest BCUT2D eigenvalue weighted by molar-refractivity contribution is -0.128. The van der Waals surface area contributed by atoms with Crippen LogP contribution in [0, 0.1) is 12.8 Å². The maximum atomic E-state index is 12.0. The number of carbonyl (C=O) groups is 2. The van der Waals surface area contributed by atoms with Crippen molar-refractivity contribution in [3.63, 3.8) is 0 Å². The number of amides is 1. The first-order chi connectivity index (χ1) is 9.45. The molecule has 3 nitrogen and oxygen atoms in total. The lowest BCUT2D eigenvalue weighted by Crippen LogP contribution is -2.25. The van der Waals surface area contributed by atoms with Crippen LogP contribution in [-0.2, 0) is 16.1 Å². The monoisotopic (exact) mass is 311 g/mol. The van der Waals surface area contributed by atoms with Crippen molar-refractivity contribution in [2.45, 2.75) is 26.8 Å². The third-order valence-corrected chi connectivity index (χ3v) is 4.78. The zero-order valence-corrected chi connectivity index (χ0v) is 13.3. The summed E-state index contributed by atoms with van der Waals surface area (Å²) in [5.41, 5.74) is 2.09. The number of carbonyl (C=O) groups excluding carboxylic acids is 2. The van der Waals surface area contributed by atoms with Gasteiger partial charge in [-0.05, 0) is 30.0 Å². The van der Waals surface area contributed by atoms with Crippen molar-refractivity contribution in [3.05, 3.63) is 34.3 Å². The van der Waals surface area contributed by atoms with Crippen LogP contribution in [0.25, 0.3) is 0 Å². The van der Waals surface area contributed by atoms with E-state index in [1.54, 1.807) is 6.92 Å². The molecular weight excluding hydrogens is 294 g/mol. The molecule has 108 valence electrons. The van der Waals surface area contributed by atoms with Crippen molar-refractivity contribution in [3.8, 4) is 0 Å². The number of benzene rings is 1. The maximum absolute atomic E-state index is 12.0. The van der Waals surface area contributed by atoms with Crippen molar-refractivity contribution in [1.29, 1.82) is 0 Å². The fourth-order valence-corrected chi connectivity index (χ4v) is 3.33. The van der Waals surface area contributed by atoms with Gasteiger partial charge in [0.15, 0.2) is 5.12 Å². The van der Waals surface area contributed by atoms with Crippen LogP contribution in [0.2, 0.25) is 5.02 Å². The van der Waals surface area contributed by atoms with Gasteiger partial charge in [-0.3, -0.25) is 9.59 Å². The molecular formula is C15H18ClNO2S. The minimum Gasteiger partial charge on any atom is -0.338 e. The van der Waals surface area contributed by atoms with Gasteiger partial charge in [-0.25, -0.2) is 0 Å². The average Bonchev–Trinajstić information content (AvgIpc) is 2.71. The summed E-state index contributed by atoms with van der Waals surface area (Å²) < 4.78 is 0. The number of rotatable bonds is 4. The first-order valence-corrected chi connectivity index (χ1v) is 7.98. The Labute approximate surface area is 128 Å². The van der Waals surface area contributed by atoms with Gasteiger partial charge in [0.2, 0.25) is 5.91 Å². The first-order valence-electron chi connectivity index (χ1n) is 6.62. The number of nitrogens with zero attached hydrogens (tertiary/aromatic N) is 1. The van der Waals surface area contributed by atoms with Gasteiger partial charge in [-0.2, -0.15) is 0 Å². The van der Waals surface area contributed by atoms with E-state index in [1.807, 2.05) is 30.0 Å². The van der Waals surface area contributed by atoms with Crippen molar-refractivity contribution in [2.75, 3.05) is 12.3 Å². The summed E-state index contributed by atoms with van der Waals surface area (Å²) in [5, 5.41) is 0.817. The zero-order valence-electron chi connectivity index (χ0n) is 11.7. The zero-order chi connectivity index (χ0) is 14.7. The fourth-order valence-electron chi connectivity index (χ4n) is 2.34. The van der Waals surface area contributed by atoms with Gasteiger partial charge in [-0.1, -0.05) is 35.5 Å². The normalized spacial score (nSPS) is 18.6. The van der Waals surface area contributed by atoms with Gasteiger partial charge in [0.25, 0.3) is 0 Å². The minimum absolute atomic E-state index is 0.109. The predicted molar refractivity (Wildman–Crippen MR) is 82.9 cm³/mol. The summed E-state index contributed by atoms with van der Waals surface area (Å²) in [7, 11) is 0. The van der Waals surface area contributed by atoms with E-state index in [9.17, 15) is 9.59 Å². The lowest BCUT2D eigenvalue weighted by atomic mass is 10.1. The Balaban J connectivity index is 1.96. The van der Waals surface area contributed by atoms with Crippen LogP contribution in [0.4, 0.5) is 0 Å². The largest absolute Gasteiger partial charge is 0.338 e. The van der Waals surface area contributed by atoms with Crippen LogP contribution in [-0.4, -0.2) is 28.2 Å². The molecule has 5 heteroatoms. The number of hydrogen-bond donors (Lipinski definition) is 0. The first kappa shape index (κ1) is 15.4. The second-order valence-electron chi connectivity index (χ2n) is 5.24. The van der Waals surface area contributed by atoms with Crippen LogP contribution in [0.1, 0.15) is 24.5 Å². The molecule has 1 aromatic rings. The molecule has 0 spiro atoms. The molecule has 0 aromatic heterocycles. The van der Waals surface area contributed by atoms with Gasteiger partial charge in [0.05, 0.1) is 0 Å². The molecule has 1 aliphatic heterocycles. The summed E-state index contributed by atoms with van der Waals surface area (Å²) >= 11 is 7.51. The van der Waals surface area contributed by atoms with E-state index < -0.39 is 0 Å². The highest BCUT2D eigenvalue weighted by Gasteiger charge is 2.29. The molecule has 1 amide bonds. The van der Waals surface area contributed by atoms with Crippen molar-refractivity contribution in [1.82, 2.24) is 4.90 Å². The third-order valence-electron chi connectivity index (χ3n) is 3.39. The Kier molecular flexibility index (Phi) is 5.11. The van der Waals surface area contributed by atoms with Crippen LogP contribution in [0.3, 0.4) is 0 Å². The van der Waals surface area contributed by atoms with E-state index in [0.29, 0.717) is 24.5 Å². The smallest absolute Gasteiger partial charge is 0.223 e. The van der Waals surface area contributed by atoms with Gasteiger partial charge in [0.1, 0.15) is 0 Å². The Morgan fingerprint density at radius 2 is 2.25 bits per heavy atom. The Morgan fingerprint density at radius 1 is 1.50 bits per heavy atom. The van der Waals surface area contributed by atoms with Crippen LogP contribution < -0.4 is 0 Å². The second kappa shape index (κ2) is 6.64. The minimum atomic E-state index is 0.109. The quantitative estimate of drug-likeness (QED) is 0.856. The third kappa shape index (κ3) is 4.00. The maximum Gasteiger partial charge on any atom is 0.223 e. The number of likely N-dealkylation sites (tertiary alicyclic amines) is 1. The molecule has 20 heavy (non-hydrogen) atoms. The van der Waals surface area contributed by atoms with E-state index >= 15 is 0 Å². The summed E-state index contributed by atoms with van der Waals surface area (Å²) in [5.74, 6) is 1.13. The molecule has 1 aromatic carbocycles. The summed E-state index contributed by atoms with van der Waals surface area (Å²) in [6, 6.07) is 5.90. The van der Waals surface area contributed by atoms with E-state index in [0.717, 1.165) is 16.9 Å². The number of halogens is 1.